The molecule has 0 bridgehead atoms. The first-order valence-electron chi connectivity index (χ1n) is 5.38. The maximum atomic E-state index is 12.2. The summed E-state index contributed by atoms with van der Waals surface area (Å²) in [7, 11) is -4.03. The Morgan fingerprint density at radius 2 is 1.90 bits per heavy atom. The zero-order valence-corrected chi connectivity index (χ0v) is 12.5. The summed E-state index contributed by atoms with van der Waals surface area (Å²) < 4.78 is 26.5. The van der Waals surface area contributed by atoms with Crippen LogP contribution >= 0.6 is 23.2 Å². The average molecular weight is 348 g/mol. The number of nitro groups is 1. The van der Waals surface area contributed by atoms with Crippen molar-refractivity contribution < 1.29 is 13.3 Å². The highest BCUT2D eigenvalue weighted by Crippen LogP contribution is 2.27. The van der Waals surface area contributed by atoms with Crippen molar-refractivity contribution in [3.63, 3.8) is 0 Å². The van der Waals surface area contributed by atoms with E-state index < -0.39 is 14.9 Å². The summed E-state index contributed by atoms with van der Waals surface area (Å²) in [6.45, 7) is 0. The van der Waals surface area contributed by atoms with Gasteiger partial charge in [0.05, 0.1) is 9.95 Å². The summed E-state index contributed by atoms with van der Waals surface area (Å²) in [5, 5.41) is 10.6. The van der Waals surface area contributed by atoms with Crippen molar-refractivity contribution in [2.75, 3.05) is 4.72 Å². The lowest BCUT2D eigenvalue weighted by atomic mass is 10.3. The van der Waals surface area contributed by atoms with Crippen molar-refractivity contribution in [1.82, 2.24) is 4.98 Å². The number of halogens is 2. The van der Waals surface area contributed by atoms with Crippen LogP contribution in [-0.4, -0.2) is 18.3 Å². The number of pyridine rings is 1. The van der Waals surface area contributed by atoms with Gasteiger partial charge in [-0.3, -0.25) is 14.8 Å². The molecule has 0 radical (unpaired) electrons. The third kappa shape index (κ3) is 3.60. The second kappa shape index (κ2) is 5.84. The molecule has 21 heavy (non-hydrogen) atoms. The van der Waals surface area contributed by atoms with Gasteiger partial charge in [0.15, 0.2) is 0 Å². The lowest BCUT2D eigenvalue weighted by molar-refractivity contribution is -0.384. The molecule has 0 atom stereocenters. The standard InChI is InChI=1S/C11H7Cl2N3O4S/c12-7-3-4-14-11(5-7)15-21(19,20)10-2-1-8(16(17)18)6-9(10)13/h1-6H,(H,14,15). The van der Waals surface area contributed by atoms with Crippen molar-refractivity contribution in [3.05, 3.63) is 56.7 Å². The first-order chi connectivity index (χ1) is 9.79. The molecule has 1 heterocycles. The van der Waals surface area contributed by atoms with Crippen LogP contribution in [0.2, 0.25) is 10.0 Å². The molecule has 1 aromatic heterocycles. The van der Waals surface area contributed by atoms with Gasteiger partial charge < -0.3 is 0 Å². The van der Waals surface area contributed by atoms with Crippen LogP contribution in [0.25, 0.3) is 0 Å². The summed E-state index contributed by atoms with van der Waals surface area (Å²) in [6.07, 6.45) is 1.33. The van der Waals surface area contributed by atoms with Crippen LogP contribution in [0, 0.1) is 10.1 Å². The van der Waals surface area contributed by atoms with E-state index in [2.05, 4.69) is 9.71 Å². The quantitative estimate of drug-likeness (QED) is 0.676. The van der Waals surface area contributed by atoms with Gasteiger partial charge in [-0.25, -0.2) is 13.4 Å². The molecule has 0 unspecified atom stereocenters. The highest BCUT2D eigenvalue weighted by molar-refractivity contribution is 7.92. The van der Waals surface area contributed by atoms with E-state index in [0.717, 1.165) is 18.2 Å². The molecule has 0 aliphatic rings. The number of hydrogen-bond donors (Lipinski definition) is 1. The molecule has 0 aliphatic carbocycles. The Hall–Kier alpha value is -1.90. The van der Waals surface area contributed by atoms with Gasteiger partial charge in [-0.2, -0.15) is 0 Å². The van der Waals surface area contributed by atoms with E-state index in [1.165, 1.54) is 18.3 Å². The zero-order chi connectivity index (χ0) is 15.6. The molecule has 110 valence electrons. The molecule has 0 saturated carbocycles. The number of benzene rings is 1. The van der Waals surface area contributed by atoms with E-state index in [1.54, 1.807) is 0 Å². The first kappa shape index (κ1) is 15.5. The number of non-ortho nitro benzene ring substituents is 1. The van der Waals surface area contributed by atoms with Crippen LogP contribution < -0.4 is 4.72 Å². The second-order valence-corrected chi connectivity index (χ2v) is 6.33. The first-order valence-corrected chi connectivity index (χ1v) is 7.62. The van der Waals surface area contributed by atoms with Gasteiger partial charge in [-0.05, 0) is 12.1 Å². The smallest absolute Gasteiger partial charge is 0.263 e. The molecule has 0 spiro atoms. The average Bonchev–Trinajstić information content (AvgIpc) is 2.37. The molecule has 10 heteroatoms. The Morgan fingerprint density at radius 1 is 1.19 bits per heavy atom. The lowest BCUT2D eigenvalue weighted by Crippen LogP contribution is -2.14. The Kier molecular flexibility index (Phi) is 4.31. The number of rotatable bonds is 4. The van der Waals surface area contributed by atoms with Crippen LogP contribution in [0.3, 0.4) is 0 Å². The van der Waals surface area contributed by atoms with Gasteiger partial charge in [-0.1, -0.05) is 23.2 Å². The molecule has 1 N–H and O–H groups in total. The van der Waals surface area contributed by atoms with Crippen molar-refractivity contribution in [2.24, 2.45) is 0 Å². The van der Waals surface area contributed by atoms with Gasteiger partial charge in [0.1, 0.15) is 10.7 Å². The van der Waals surface area contributed by atoms with Crippen molar-refractivity contribution in [3.8, 4) is 0 Å². The normalized spacial score (nSPS) is 11.1. The Morgan fingerprint density at radius 3 is 2.48 bits per heavy atom. The van der Waals surface area contributed by atoms with E-state index >= 15 is 0 Å². The fourth-order valence-electron chi connectivity index (χ4n) is 1.47. The molecule has 2 rings (SSSR count). The minimum Gasteiger partial charge on any atom is -0.263 e. The van der Waals surface area contributed by atoms with E-state index in [4.69, 9.17) is 23.2 Å². The Labute approximate surface area is 129 Å². The topological polar surface area (TPSA) is 102 Å². The largest absolute Gasteiger partial charge is 0.271 e. The number of nitrogens with zero attached hydrogens (tertiary/aromatic N) is 2. The third-order valence-electron chi connectivity index (χ3n) is 2.38. The minimum absolute atomic E-state index is 0.0110. The summed E-state index contributed by atoms with van der Waals surface area (Å²) >= 11 is 11.5. The van der Waals surface area contributed by atoms with Gasteiger partial charge in [0.2, 0.25) is 0 Å². The molecule has 0 amide bonds. The van der Waals surface area contributed by atoms with E-state index in [1.807, 2.05) is 0 Å². The summed E-state index contributed by atoms with van der Waals surface area (Å²) in [5.41, 5.74) is -0.306. The van der Waals surface area contributed by atoms with Gasteiger partial charge >= 0.3 is 0 Å². The predicted octanol–water partition coefficient (Wildman–Crippen LogP) is 3.10. The fraction of sp³-hybridized carbons (Fsp3) is 0. The zero-order valence-electron chi connectivity index (χ0n) is 10.2. The number of nitrogens with one attached hydrogen (secondary N) is 1. The van der Waals surface area contributed by atoms with E-state index in [9.17, 15) is 18.5 Å². The SMILES string of the molecule is O=[N+]([O-])c1ccc(S(=O)(=O)Nc2cc(Cl)ccn2)c(Cl)c1. The van der Waals surface area contributed by atoms with Crippen molar-refractivity contribution in [2.45, 2.75) is 4.90 Å². The highest BCUT2D eigenvalue weighted by Gasteiger charge is 2.21. The molecular weight excluding hydrogens is 341 g/mol. The van der Waals surface area contributed by atoms with Crippen LogP contribution in [0.15, 0.2) is 41.4 Å². The highest BCUT2D eigenvalue weighted by atomic mass is 35.5. The number of anilines is 1. The van der Waals surface area contributed by atoms with Crippen LogP contribution in [0.5, 0.6) is 0 Å². The number of hydrogen-bond acceptors (Lipinski definition) is 5. The number of sulfonamides is 1. The lowest BCUT2D eigenvalue weighted by Gasteiger charge is -2.08. The predicted molar refractivity (Wildman–Crippen MR) is 78.2 cm³/mol. The second-order valence-electron chi connectivity index (χ2n) is 3.84. The maximum Gasteiger partial charge on any atom is 0.271 e. The molecule has 7 nitrogen and oxygen atoms in total. The van der Waals surface area contributed by atoms with Crippen LogP contribution in [-0.2, 0) is 10.0 Å². The van der Waals surface area contributed by atoms with Gasteiger partial charge in [0, 0.05) is 29.4 Å². The number of aromatic nitrogens is 1. The van der Waals surface area contributed by atoms with Crippen LogP contribution in [0.4, 0.5) is 11.5 Å². The maximum absolute atomic E-state index is 12.2. The number of nitro benzene ring substituents is 1. The van der Waals surface area contributed by atoms with Crippen molar-refractivity contribution >= 4 is 44.7 Å². The summed E-state index contributed by atoms with van der Waals surface area (Å²) in [6, 6.07) is 5.86. The molecular formula is C11H7Cl2N3O4S. The molecule has 0 aliphatic heterocycles. The van der Waals surface area contributed by atoms with Crippen molar-refractivity contribution in [1.29, 1.82) is 0 Å². The molecule has 0 fully saturated rings. The summed E-state index contributed by atoms with van der Waals surface area (Å²) in [4.78, 5) is 13.4. The minimum atomic E-state index is -4.03. The Bertz CT molecular complexity index is 811. The molecule has 1 aromatic carbocycles. The Balaban J connectivity index is 2.38. The third-order valence-corrected chi connectivity index (χ3v) is 4.45. The monoisotopic (exact) mass is 347 g/mol. The fourth-order valence-corrected chi connectivity index (χ4v) is 3.17. The van der Waals surface area contributed by atoms with E-state index in [0.29, 0.717) is 5.02 Å². The molecule has 0 saturated heterocycles. The molecule has 2 aromatic rings. The van der Waals surface area contributed by atoms with Gasteiger partial charge in [0.25, 0.3) is 15.7 Å². The van der Waals surface area contributed by atoms with Gasteiger partial charge in [-0.15, -0.1) is 0 Å². The summed E-state index contributed by atoms with van der Waals surface area (Å²) in [5.74, 6) is 0.0110. The van der Waals surface area contributed by atoms with E-state index in [-0.39, 0.29) is 21.4 Å². The van der Waals surface area contributed by atoms with Crippen LogP contribution in [0.1, 0.15) is 0 Å².